The maximum Gasteiger partial charge on any atom is 0.312 e. The zero-order valence-corrected chi connectivity index (χ0v) is 15.4. The summed E-state index contributed by atoms with van der Waals surface area (Å²) in [5.41, 5.74) is 3.24. The van der Waals surface area contributed by atoms with Gasteiger partial charge >= 0.3 is 5.97 Å². The van der Waals surface area contributed by atoms with Gasteiger partial charge in [0.2, 0.25) is 5.78 Å². The van der Waals surface area contributed by atoms with E-state index in [2.05, 4.69) is 16.5 Å². The Labute approximate surface area is 150 Å². The van der Waals surface area contributed by atoms with Crippen LogP contribution in [0.15, 0.2) is 23.8 Å². The number of aromatic nitrogens is 3. The molecule has 132 valence electrons. The summed E-state index contributed by atoms with van der Waals surface area (Å²) in [6.45, 7) is 6.65. The van der Waals surface area contributed by atoms with Gasteiger partial charge in [-0.1, -0.05) is 6.92 Å². The molecular formula is C18H21N3O3S. The van der Waals surface area contributed by atoms with Crippen molar-refractivity contribution in [3.8, 4) is 0 Å². The predicted molar refractivity (Wildman–Crippen MR) is 96.3 cm³/mol. The van der Waals surface area contributed by atoms with E-state index in [1.54, 1.807) is 6.20 Å². The fourth-order valence-corrected chi connectivity index (χ4v) is 3.65. The molecule has 0 saturated carbocycles. The lowest BCUT2D eigenvalue weighted by Crippen LogP contribution is -2.16. The third-order valence-corrected chi connectivity index (χ3v) is 4.92. The van der Waals surface area contributed by atoms with Crippen molar-refractivity contribution in [2.75, 3.05) is 6.61 Å². The molecule has 0 spiro atoms. The summed E-state index contributed by atoms with van der Waals surface area (Å²) in [7, 11) is 0. The number of rotatable bonds is 7. The number of carbonyl (C=O) groups excluding carboxylic acids is 2. The quantitative estimate of drug-likeness (QED) is 0.480. The lowest BCUT2D eigenvalue weighted by Gasteiger charge is -2.08. The summed E-state index contributed by atoms with van der Waals surface area (Å²) < 4.78 is 9.14. The average Bonchev–Trinajstić information content (AvgIpc) is 3.22. The maximum absolute atomic E-state index is 12.4. The molecule has 0 saturated heterocycles. The topological polar surface area (TPSA) is 65.6 Å². The van der Waals surface area contributed by atoms with Gasteiger partial charge in [0.15, 0.2) is 11.6 Å². The molecule has 0 radical (unpaired) electrons. The Hall–Kier alpha value is -2.41. The normalized spacial score (nSPS) is 11.2. The predicted octanol–water partition coefficient (Wildman–Crippen LogP) is 3.19. The molecule has 0 unspecified atom stereocenters. The first-order chi connectivity index (χ1) is 12.0. The number of Topliss-reactive ketones (excluding diaryl/α,β-unsaturated/α-hetero) is 1. The Bertz CT molecular complexity index is 891. The standard InChI is InChI=1S/C18H21N3O3S/c1-4-5-21-12(2)8-15(13(21)3)16(22)11-24-17(23)9-14-10-20-6-7-25-18(20)19-14/h6-8,10H,4-5,9,11H2,1-3H3. The second-order valence-electron chi connectivity index (χ2n) is 6.02. The van der Waals surface area contributed by atoms with Crippen LogP contribution in [0.5, 0.6) is 0 Å². The molecule has 0 bridgehead atoms. The van der Waals surface area contributed by atoms with E-state index in [4.69, 9.17) is 4.74 Å². The minimum absolute atomic E-state index is 0.0660. The van der Waals surface area contributed by atoms with Crippen LogP contribution in [0.1, 0.15) is 40.8 Å². The number of nitrogens with zero attached hydrogens (tertiary/aromatic N) is 3. The Morgan fingerprint density at radius 1 is 1.32 bits per heavy atom. The highest BCUT2D eigenvalue weighted by molar-refractivity contribution is 7.15. The number of hydrogen-bond acceptors (Lipinski definition) is 5. The number of hydrogen-bond donors (Lipinski definition) is 0. The van der Waals surface area contributed by atoms with Crippen molar-refractivity contribution >= 4 is 28.1 Å². The first-order valence-corrected chi connectivity index (χ1v) is 9.14. The molecule has 7 heteroatoms. The number of imidazole rings is 1. The van der Waals surface area contributed by atoms with Gasteiger partial charge in [-0.15, -0.1) is 11.3 Å². The van der Waals surface area contributed by atoms with E-state index < -0.39 is 5.97 Å². The fraction of sp³-hybridized carbons (Fsp3) is 0.389. The van der Waals surface area contributed by atoms with Gasteiger partial charge in [-0.2, -0.15) is 0 Å². The van der Waals surface area contributed by atoms with Crippen LogP contribution in [0.25, 0.3) is 4.96 Å². The first-order valence-electron chi connectivity index (χ1n) is 8.26. The van der Waals surface area contributed by atoms with E-state index in [1.165, 1.54) is 11.3 Å². The van der Waals surface area contributed by atoms with Crippen molar-refractivity contribution in [2.45, 2.75) is 40.2 Å². The molecular weight excluding hydrogens is 338 g/mol. The zero-order valence-electron chi connectivity index (χ0n) is 14.6. The highest BCUT2D eigenvalue weighted by Crippen LogP contribution is 2.17. The summed E-state index contributed by atoms with van der Waals surface area (Å²) in [4.78, 5) is 29.5. The lowest BCUT2D eigenvalue weighted by atomic mass is 10.1. The van der Waals surface area contributed by atoms with Crippen LogP contribution >= 0.6 is 11.3 Å². The Kier molecular flexibility index (Phi) is 5.03. The van der Waals surface area contributed by atoms with Gasteiger partial charge in [-0.05, 0) is 26.3 Å². The number of carbonyl (C=O) groups is 2. The zero-order chi connectivity index (χ0) is 18.0. The molecule has 3 aromatic heterocycles. The molecule has 6 nitrogen and oxygen atoms in total. The summed E-state index contributed by atoms with van der Waals surface area (Å²) in [5, 5.41) is 1.93. The number of esters is 1. The minimum Gasteiger partial charge on any atom is -0.457 e. The van der Waals surface area contributed by atoms with Crippen LogP contribution in [0.2, 0.25) is 0 Å². The van der Waals surface area contributed by atoms with Crippen molar-refractivity contribution in [1.82, 2.24) is 14.0 Å². The smallest absolute Gasteiger partial charge is 0.312 e. The van der Waals surface area contributed by atoms with E-state index >= 15 is 0 Å². The van der Waals surface area contributed by atoms with Crippen LogP contribution in [-0.2, 0) is 22.5 Å². The van der Waals surface area contributed by atoms with Gasteiger partial charge in [0.1, 0.15) is 0 Å². The monoisotopic (exact) mass is 359 g/mol. The molecule has 0 atom stereocenters. The summed E-state index contributed by atoms with van der Waals surface area (Å²) in [6, 6.07) is 1.87. The van der Waals surface area contributed by atoms with Crippen LogP contribution < -0.4 is 0 Å². The molecule has 0 aromatic carbocycles. The lowest BCUT2D eigenvalue weighted by molar-refractivity contribution is -0.141. The van der Waals surface area contributed by atoms with Gasteiger partial charge < -0.3 is 9.30 Å². The summed E-state index contributed by atoms with van der Waals surface area (Å²) in [5.74, 6) is -0.615. The van der Waals surface area contributed by atoms with E-state index in [0.717, 1.165) is 29.3 Å². The van der Waals surface area contributed by atoms with Gasteiger partial charge in [0.25, 0.3) is 0 Å². The molecule has 3 aromatic rings. The largest absolute Gasteiger partial charge is 0.457 e. The van der Waals surface area contributed by atoms with Crippen molar-refractivity contribution in [1.29, 1.82) is 0 Å². The molecule has 0 aliphatic rings. The van der Waals surface area contributed by atoms with Gasteiger partial charge in [0.05, 0.1) is 12.1 Å². The van der Waals surface area contributed by atoms with Gasteiger partial charge in [-0.3, -0.25) is 14.0 Å². The van der Waals surface area contributed by atoms with Gasteiger partial charge in [0, 0.05) is 41.3 Å². The highest BCUT2D eigenvalue weighted by Gasteiger charge is 2.17. The highest BCUT2D eigenvalue weighted by atomic mass is 32.1. The van der Waals surface area contributed by atoms with Crippen molar-refractivity contribution in [2.24, 2.45) is 0 Å². The number of aryl methyl sites for hydroxylation is 1. The van der Waals surface area contributed by atoms with E-state index in [-0.39, 0.29) is 18.8 Å². The van der Waals surface area contributed by atoms with Crippen molar-refractivity contribution < 1.29 is 14.3 Å². The van der Waals surface area contributed by atoms with Crippen molar-refractivity contribution in [3.05, 3.63) is 46.5 Å². The Balaban J connectivity index is 1.59. The number of ketones is 1. The average molecular weight is 359 g/mol. The van der Waals surface area contributed by atoms with E-state index in [1.807, 2.05) is 35.9 Å². The molecule has 0 aliphatic heterocycles. The second-order valence-corrected chi connectivity index (χ2v) is 6.90. The molecule has 3 heterocycles. The molecule has 0 N–H and O–H groups in total. The van der Waals surface area contributed by atoms with Crippen LogP contribution in [-0.4, -0.2) is 32.3 Å². The van der Waals surface area contributed by atoms with E-state index in [0.29, 0.717) is 11.3 Å². The summed E-state index contributed by atoms with van der Waals surface area (Å²) >= 11 is 1.50. The van der Waals surface area contributed by atoms with Crippen LogP contribution in [0.3, 0.4) is 0 Å². The first kappa shape index (κ1) is 17.4. The molecule has 0 amide bonds. The molecule has 0 aliphatic carbocycles. The molecule has 0 fully saturated rings. The molecule has 3 rings (SSSR count). The maximum atomic E-state index is 12.4. The number of ether oxygens (including phenoxy) is 1. The minimum atomic E-state index is -0.443. The van der Waals surface area contributed by atoms with Crippen molar-refractivity contribution in [3.63, 3.8) is 0 Å². The molecule has 25 heavy (non-hydrogen) atoms. The van der Waals surface area contributed by atoms with Crippen LogP contribution in [0, 0.1) is 13.8 Å². The second kappa shape index (κ2) is 7.23. The van der Waals surface area contributed by atoms with Crippen LogP contribution in [0.4, 0.5) is 0 Å². The third-order valence-electron chi connectivity index (χ3n) is 4.15. The van der Waals surface area contributed by atoms with Gasteiger partial charge in [-0.25, -0.2) is 4.98 Å². The summed E-state index contributed by atoms with van der Waals surface area (Å²) in [6.07, 6.45) is 4.75. The number of thiazole rings is 1. The Morgan fingerprint density at radius 3 is 2.84 bits per heavy atom. The Morgan fingerprint density at radius 2 is 2.12 bits per heavy atom. The van der Waals surface area contributed by atoms with E-state index in [9.17, 15) is 9.59 Å². The fourth-order valence-electron chi connectivity index (χ4n) is 2.94. The third kappa shape index (κ3) is 3.66. The number of fused-ring (bicyclic) bond motifs is 1. The SMILES string of the molecule is CCCn1c(C)cc(C(=O)COC(=O)Cc2cn3ccsc3n2)c1C.